The minimum absolute atomic E-state index is 0.0494. The molecule has 6 N–H and O–H groups in total. The van der Waals surface area contributed by atoms with Crippen molar-refractivity contribution in [2.24, 2.45) is 16.2 Å². The van der Waals surface area contributed by atoms with Gasteiger partial charge >= 0.3 is 18.3 Å². The minimum Gasteiger partial charge on any atom is -0.444 e. The summed E-state index contributed by atoms with van der Waals surface area (Å²) in [5.74, 6) is -1.40. The molecular weight excluding hydrogens is 562 g/mol. The summed E-state index contributed by atoms with van der Waals surface area (Å²) >= 11 is 0. The molecular formula is C24H38N6O8P2. The monoisotopic (exact) mass is 600 g/mol. The summed E-state index contributed by atoms with van der Waals surface area (Å²) in [6.07, 6.45) is -1.13. The molecule has 0 fully saturated rings. The molecule has 40 heavy (non-hydrogen) atoms. The number of hydrogen-bond donors (Lipinski definition) is 5. The molecule has 2 unspecified atom stereocenters. The van der Waals surface area contributed by atoms with E-state index in [9.17, 15) is 24.0 Å². The number of primary amides is 1. The van der Waals surface area contributed by atoms with E-state index in [0.717, 1.165) is 0 Å². The van der Waals surface area contributed by atoms with Crippen LogP contribution in [-0.4, -0.2) is 54.3 Å². The molecule has 0 bridgehead atoms. The fourth-order valence-electron chi connectivity index (χ4n) is 3.16. The number of benzene rings is 1. The summed E-state index contributed by atoms with van der Waals surface area (Å²) in [7, 11) is 2.15. The van der Waals surface area contributed by atoms with Gasteiger partial charge in [-0.25, -0.2) is 18.9 Å². The summed E-state index contributed by atoms with van der Waals surface area (Å²) in [5, 5.41) is 10.4. The first-order valence-electron chi connectivity index (χ1n) is 12.4. The zero-order chi connectivity index (χ0) is 30.3. The SMILES string of the molecule is CC(C)[C@H](NC(=O)OC(C)(C)C)C(=O)NC(CCCNC(N)=O)C(=O)Nc1ccc(COC(=O)O/P=N/P)cc1. The van der Waals surface area contributed by atoms with Crippen LogP contribution in [-0.2, 0) is 30.2 Å². The molecule has 0 aliphatic carbocycles. The molecule has 0 saturated carbocycles. The maximum Gasteiger partial charge on any atom is 0.518 e. The normalized spacial score (nSPS) is 12.7. The molecule has 3 atom stereocenters. The van der Waals surface area contributed by atoms with Gasteiger partial charge in [0.05, 0.1) is 0 Å². The molecule has 0 aliphatic heterocycles. The van der Waals surface area contributed by atoms with E-state index in [4.69, 9.17) is 15.2 Å². The van der Waals surface area contributed by atoms with Crippen LogP contribution < -0.4 is 27.0 Å². The van der Waals surface area contributed by atoms with Crippen molar-refractivity contribution in [2.75, 3.05) is 11.9 Å². The summed E-state index contributed by atoms with van der Waals surface area (Å²) in [6.45, 7) is 8.75. The molecule has 0 radical (unpaired) electrons. The van der Waals surface area contributed by atoms with Crippen LogP contribution >= 0.6 is 18.0 Å². The van der Waals surface area contributed by atoms with Crippen molar-refractivity contribution in [2.45, 2.75) is 71.8 Å². The lowest BCUT2D eigenvalue weighted by molar-refractivity contribution is -0.128. The van der Waals surface area contributed by atoms with Gasteiger partial charge in [-0.2, -0.15) is 0 Å². The lowest BCUT2D eigenvalue weighted by atomic mass is 10.0. The highest BCUT2D eigenvalue weighted by Crippen LogP contribution is 2.14. The number of nitrogens with one attached hydrogen (secondary N) is 4. The number of rotatable bonds is 13. The number of carbonyl (C=O) groups is 5. The Bertz CT molecular complexity index is 1050. The highest BCUT2D eigenvalue weighted by molar-refractivity contribution is 7.31. The van der Waals surface area contributed by atoms with Gasteiger partial charge in [0.25, 0.3) is 8.60 Å². The molecule has 16 heteroatoms. The van der Waals surface area contributed by atoms with Crippen LogP contribution in [0.4, 0.5) is 20.1 Å². The van der Waals surface area contributed by atoms with Crippen molar-refractivity contribution in [1.29, 1.82) is 0 Å². The van der Waals surface area contributed by atoms with Gasteiger partial charge in [-0.05, 0) is 66.6 Å². The lowest BCUT2D eigenvalue weighted by Crippen LogP contribution is -2.55. The third-order valence-corrected chi connectivity index (χ3v) is 5.57. The van der Waals surface area contributed by atoms with E-state index in [1.54, 1.807) is 58.9 Å². The van der Waals surface area contributed by atoms with Crippen molar-refractivity contribution in [3.63, 3.8) is 0 Å². The van der Waals surface area contributed by atoms with Gasteiger partial charge in [-0.1, -0.05) is 26.0 Å². The Balaban J connectivity index is 2.91. The van der Waals surface area contributed by atoms with Crippen LogP contribution in [0.5, 0.6) is 0 Å². The maximum atomic E-state index is 13.1. The Labute approximate surface area is 237 Å². The first kappa shape index (κ1) is 34.5. The van der Waals surface area contributed by atoms with Crippen molar-refractivity contribution in [3.05, 3.63) is 29.8 Å². The van der Waals surface area contributed by atoms with Crippen molar-refractivity contribution < 1.29 is 38.0 Å². The standard InChI is InChI=1S/C24H38N6O8P2/c1-14(2)18(29-22(34)37-24(3,4)5)20(32)28-17(7-6-12-26-21(25)33)19(31)27-16-10-8-15(9-11-16)13-36-23(35)38-40-30-39/h8-11,14,17-18H,6-7,12-13,39H2,1-5H3,(H,27,31)(H,28,32)(H,29,34)(H3,25,26,33)/t17?,18-/m0/s1. The number of anilines is 1. The summed E-state index contributed by atoms with van der Waals surface area (Å²) in [4.78, 5) is 61.0. The van der Waals surface area contributed by atoms with Gasteiger partial charge in [0.15, 0.2) is 0 Å². The van der Waals surface area contributed by atoms with E-state index in [-0.39, 0.29) is 34.1 Å². The average molecular weight is 601 g/mol. The number of ether oxygens (including phenoxy) is 2. The van der Waals surface area contributed by atoms with Gasteiger partial charge in [0.2, 0.25) is 11.8 Å². The smallest absolute Gasteiger partial charge is 0.444 e. The first-order chi connectivity index (χ1) is 18.7. The van der Waals surface area contributed by atoms with Crippen molar-refractivity contribution >= 4 is 53.8 Å². The molecule has 0 saturated heterocycles. The number of nitrogens with zero attached hydrogens (tertiary/aromatic N) is 1. The van der Waals surface area contributed by atoms with Gasteiger partial charge in [-0.3, -0.25) is 9.59 Å². The van der Waals surface area contributed by atoms with Gasteiger partial charge < -0.3 is 41.0 Å². The Kier molecular flexibility index (Phi) is 14.9. The van der Waals surface area contributed by atoms with Crippen molar-refractivity contribution in [1.82, 2.24) is 16.0 Å². The highest BCUT2D eigenvalue weighted by Gasteiger charge is 2.30. The third-order valence-electron chi connectivity index (χ3n) is 4.96. The molecule has 1 rings (SSSR count). The number of nitrogens with two attached hydrogens (primary N) is 1. The predicted octanol–water partition coefficient (Wildman–Crippen LogP) is 3.60. The van der Waals surface area contributed by atoms with E-state index in [0.29, 0.717) is 17.7 Å². The number of alkyl carbamates (subject to hydrolysis) is 1. The van der Waals surface area contributed by atoms with Crippen LogP contribution in [0.15, 0.2) is 28.8 Å². The van der Waals surface area contributed by atoms with E-state index < -0.39 is 47.8 Å². The predicted molar refractivity (Wildman–Crippen MR) is 152 cm³/mol. The summed E-state index contributed by atoms with van der Waals surface area (Å²) in [6, 6.07) is 3.82. The topological polar surface area (TPSA) is 200 Å². The van der Waals surface area contributed by atoms with Gasteiger partial charge in [-0.15, -0.1) is 0 Å². The average Bonchev–Trinajstić information content (AvgIpc) is 2.85. The summed E-state index contributed by atoms with van der Waals surface area (Å²) in [5.41, 5.74) is 5.41. The maximum absolute atomic E-state index is 13.1. The second-order valence-electron chi connectivity index (χ2n) is 9.88. The number of hydrogen-bond acceptors (Lipinski definition) is 9. The van der Waals surface area contributed by atoms with E-state index in [1.807, 2.05) is 0 Å². The zero-order valence-corrected chi connectivity index (χ0v) is 25.2. The Hall–Kier alpha value is -3.50. The Morgan fingerprint density at radius 2 is 1.70 bits per heavy atom. The molecule has 14 nitrogen and oxygen atoms in total. The fraction of sp³-hybridized carbons (Fsp3) is 0.542. The third kappa shape index (κ3) is 14.6. The molecule has 0 spiro atoms. The van der Waals surface area contributed by atoms with Gasteiger partial charge in [0, 0.05) is 12.2 Å². The lowest BCUT2D eigenvalue weighted by Gasteiger charge is -2.27. The minimum atomic E-state index is -0.997. The van der Waals surface area contributed by atoms with Crippen molar-refractivity contribution in [3.8, 4) is 0 Å². The zero-order valence-electron chi connectivity index (χ0n) is 23.2. The molecule has 0 heterocycles. The second-order valence-corrected chi connectivity index (χ2v) is 11.1. The van der Waals surface area contributed by atoms with Crippen LogP contribution in [0.2, 0.25) is 0 Å². The number of carbonyl (C=O) groups excluding carboxylic acids is 5. The molecule has 0 aromatic heterocycles. The molecule has 1 aromatic carbocycles. The van der Waals surface area contributed by atoms with Crippen LogP contribution in [0.25, 0.3) is 0 Å². The molecule has 5 amide bonds. The number of amides is 5. The highest BCUT2D eigenvalue weighted by atomic mass is 31.1. The van der Waals surface area contributed by atoms with Crippen LogP contribution in [0.1, 0.15) is 53.0 Å². The Morgan fingerprint density at radius 3 is 2.25 bits per heavy atom. The van der Waals surface area contributed by atoms with Crippen LogP contribution in [0.3, 0.4) is 0 Å². The first-order valence-corrected chi connectivity index (χ1v) is 13.7. The molecule has 1 aromatic rings. The quantitative estimate of drug-likeness (QED) is 0.128. The van der Waals surface area contributed by atoms with Gasteiger partial charge in [0.1, 0.15) is 24.3 Å². The fourth-order valence-corrected chi connectivity index (χ4v) is 3.46. The largest absolute Gasteiger partial charge is 0.518 e. The van der Waals surface area contributed by atoms with E-state index in [2.05, 4.69) is 39.7 Å². The number of urea groups is 1. The van der Waals surface area contributed by atoms with E-state index >= 15 is 0 Å². The van der Waals surface area contributed by atoms with Crippen LogP contribution in [0, 0.1) is 5.92 Å². The molecule has 222 valence electrons. The second kappa shape index (κ2) is 17.2. The Morgan fingerprint density at radius 1 is 1.05 bits per heavy atom. The molecule has 0 aliphatic rings. The van der Waals surface area contributed by atoms with E-state index in [1.165, 1.54) is 0 Å². The summed E-state index contributed by atoms with van der Waals surface area (Å²) < 4.78 is 18.4.